The first-order valence-corrected chi connectivity index (χ1v) is 8.46. The molecule has 0 spiro atoms. The summed E-state index contributed by atoms with van der Waals surface area (Å²) in [5.41, 5.74) is 1.34. The van der Waals surface area contributed by atoms with Gasteiger partial charge in [0.05, 0.1) is 0 Å². The molecular weight excluding hydrogens is 329 g/mol. The van der Waals surface area contributed by atoms with Gasteiger partial charge in [-0.3, -0.25) is 4.90 Å². The van der Waals surface area contributed by atoms with Crippen LogP contribution >= 0.6 is 0 Å². The molecule has 0 radical (unpaired) electrons. The molecule has 0 aliphatic carbocycles. The number of halogens is 3. The SMILES string of the molecule is FC(F)(F)c1ccc(NCc2ccc(CN3CCCCC3)cc2)nn1. The number of likely N-dealkylation sites (tertiary alicyclic amines) is 1. The van der Waals surface area contributed by atoms with Crippen molar-refractivity contribution in [1.29, 1.82) is 0 Å². The average molecular weight is 350 g/mol. The summed E-state index contributed by atoms with van der Waals surface area (Å²) in [6.45, 7) is 3.79. The van der Waals surface area contributed by atoms with Gasteiger partial charge in [0.1, 0.15) is 5.82 Å². The molecule has 2 heterocycles. The molecule has 134 valence electrons. The third-order valence-corrected chi connectivity index (χ3v) is 4.31. The van der Waals surface area contributed by atoms with Gasteiger partial charge in [-0.15, -0.1) is 10.2 Å². The fourth-order valence-electron chi connectivity index (χ4n) is 2.91. The summed E-state index contributed by atoms with van der Waals surface area (Å²) < 4.78 is 37.3. The van der Waals surface area contributed by atoms with Gasteiger partial charge in [0, 0.05) is 13.1 Å². The van der Waals surface area contributed by atoms with E-state index in [1.165, 1.54) is 30.9 Å². The molecular formula is C18H21F3N4. The van der Waals surface area contributed by atoms with Crippen LogP contribution in [0.5, 0.6) is 0 Å². The van der Waals surface area contributed by atoms with E-state index in [0.717, 1.165) is 31.3 Å². The molecule has 7 heteroatoms. The zero-order valence-corrected chi connectivity index (χ0v) is 13.9. The fourth-order valence-corrected chi connectivity index (χ4v) is 2.91. The third kappa shape index (κ3) is 5.16. The molecule has 1 saturated heterocycles. The number of nitrogens with one attached hydrogen (secondary N) is 1. The molecule has 1 fully saturated rings. The third-order valence-electron chi connectivity index (χ3n) is 4.31. The van der Waals surface area contributed by atoms with Crippen molar-refractivity contribution in [2.24, 2.45) is 0 Å². The van der Waals surface area contributed by atoms with Crippen LogP contribution in [0.2, 0.25) is 0 Å². The van der Waals surface area contributed by atoms with Gasteiger partial charge in [-0.25, -0.2) is 0 Å². The highest BCUT2D eigenvalue weighted by Crippen LogP contribution is 2.27. The highest BCUT2D eigenvalue weighted by Gasteiger charge is 2.32. The minimum Gasteiger partial charge on any atom is -0.365 e. The van der Waals surface area contributed by atoms with E-state index >= 15 is 0 Å². The van der Waals surface area contributed by atoms with Crippen LogP contribution in [-0.2, 0) is 19.3 Å². The normalized spacial score (nSPS) is 16.0. The lowest BCUT2D eigenvalue weighted by Crippen LogP contribution is -2.29. The van der Waals surface area contributed by atoms with Crippen molar-refractivity contribution in [2.75, 3.05) is 18.4 Å². The quantitative estimate of drug-likeness (QED) is 0.882. The minimum atomic E-state index is -4.46. The van der Waals surface area contributed by atoms with Gasteiger partial charge in [0.2, 0.25) is 0 Å². The molecule has 1 aliphatic heterocycles. The van der Waals surface area contributed by atoms with Crippen molar-refractivity contribution in [3.8, 4) is 0 Å². The first-order chi connectivity index (χ1) is 12.0. The number of piperidine rings is 1. The van der Waals surface area contributed by atoms with Gasteiger partial charge in [-0.05, 0) is 49.2 Å². The molecule has 0 bridgehead atoms. The lowest BCUT2D eigenvalue weighted by Gasteiger charge is -2.26. The highest BCUT2D eigenvalue weighted by molar-refractivity contribution is 5.35. The van der Waals surface area contributed by atoms with Crippen LogP contribution in [0.1, 0.15) is 36.1 Å². The molecule has 1 aromatic carbocycles. The Hall–Kier alpha value is -2.15. The summed E-state index contributed by atoms with van der Waals surface area (Å²) in [5, 5.41) is 9.75. The van der Waals surface area contributed by atoms with E-state index in [2.05, 4.69) is 32.5 Å². The summed E-state index contributed by atoms with van der Waals surface area (Å²) in [6.07, 6.45) is -0.587. The van der Waals surface area contributed by atoms with Gasteiger partial charge in [-0.1, -0.05) is 30.7 Å². The van der Waals surface area contributed by atoms with Crippen molar-refractivity contribution in [2.45, 2.75) is 38.5 Å². The number of hydrogen-bond donors (Lipinski definition) is 1. The molecule has 0 unspecified atom stereocenters. The molecule has 25 heavy (non-hydrogen) atoms. The van der Waals surface area contributed by atoms with Crippen molar-refractivity contribution in [3.63, 3.8) is 0 Å². The van der Waals surface area contributed by atoms with Gasteiger partial charge >= 0.3 is 6.18 Å². The van der Waals surface area contributed by atoms with Crippen LogP contribution < -0.4 is 5.32 Å². The number of benzene rings is 1. The Morgan fingerprint density at radius 2 is 1.56 bits per heavy atom. The maximum Gasteiger partial charge on any atom is 0.435 e. The van der Waals surface area contributed by atoms with Gasteiger partial charge in [-0.2, -0.15) is 13.2 Å². The molecule has 0 saturated carbocycles. The standard InChI is InChI=1S/C18H21F3N4/c19-18(20,21)16-8-9-17(24-23-16)22-12-14-4-6-15(7-5-14)13-25-10-2-1-3-11-25/h4-9H,1-3,10-13H2,(H,22,24). The average Bonchev–Trinajstić information content (AvgIpc) is 2.62. The fraction of sp³-hybridized carbons (Fsp3) is 0.444. The van der Waals surface area contributed by atoms with Crippen molar-refractivity contribution in [1.82, 2.24) is 15.1 Å². The zero-order valence-electron chi connectivity index (χ0n) is 13.9. The van der Waals surface area contributed by atoms with Crippen LogP contribution in [0.3, 0.4) is 0 Å². The largest absolute Gasteiger partial charge is 0.435 e. The Balaban J connectivity index is 1.51. The van der Waals surface area contributed by atoms with Crippen LogP contribution in [0.25, 0.3) is 0 Å². The maximum atomic E-state index is 12.4. The second-order valence-electron chi connectivity index (χ2n) is 6.31. The smallest absolute Gasteiger partial charge is 0.365 e. The zero-order chi connectivity index (χ0) is 17.7. The number of hydrogen-bond acceptors (Lipinski definition) is 4. The van der Waals surface area contributed by atoms with Gasteiger partial charge in [0.15, 0.2) is 5.69 Å². The first kappa shape index (κ1) is 17.7. The molecule has 0 amide bonds. The van der Waals surface area contributed by atoms with E-state index in [1.807, 2.05) is 12.1 Å². The predicted octanol–water partition coefficient (Wildman–Crippen LogP) is 4.09. The van der Waals surface area contributed by atoms with Crippen LogP contribution in [-0.4, -0.2) is 28.2 Å². The van der Waals surface area contributed by atoms with E-state index in [9.17, 15) is 13.2 Å². The summed E-state index contributed by atoms with van der Waals surface area (Å²) in [4.78, 5) is 2.47. The highest BCUT2D eigenvalue weighted by atomic mass is 19.4. The molecule has 3 rings (SSSR count). The van der Waals surface area contributed by atoms with Gasteiger partial charge in [0.25, 0.3) is 0 Å². The van der Waals surface area contributed by atoms with E-state index in [0.29, 0.717) is 12.4 Å². The van der Waals surface area contributed by atoms with Crippen molar-refractivity contribution in [3.05, 3.63) is 53.2 Å². The lowest BCUT2D eigenvalue weighted by molar-refractivity contribution is -0.141. The number of alkyl halides is 3. The summed E-state index contributed by atoms with van der Waals surface area (Å²) in [7, 11) is 0. The number of nitrogens with zero attached hydrogens (tertiary/aromatic N) is 3. The maximum absolute atomic E-state index is 12.4. The van der Waals surface area contributed by atoms with E-state index in [-0.39, 0.29) is 0 Å². The topological polar surface area (TPSA) is 41.0 Å². The number of aromatic nitrogens is 2. The van der Waals surface area contributed by atoms with Crippen molar-refractivity contribution >= 4 is 5.82 Å². The Morgan fingerprint density at radius 1 is 0.880 bits per heavy atom. The molecule has 1 aliphatic rings. The minimum absolute atomic E-state index is 0.324. The second kappa shape index (κ2) is 7.82. The monoisotopic (exact) mass is 350 g/mol. The molecule has 1 aromatic heterocycles. The van der Waals surface area contributed by atoms with E-state index in [4.69, 9.17) is 0 Å². The van der Waals surface area contributed by atoms with Crippen LogP contribution in [0, 0.1) is 0 Å². The Morgan fingerprint density at radius 3 is 2.16 bits per heavy atom. The van der Waals surface area contributed by atoms with E-state index in [1.54, 1.807) is 0 Å². The Bertz CT molecular complexity index is 662. The Kier molecular flexibility index (Phi) is 5.53. The molecule has 2 aromatic rings. The number of rotatable bonds is 5. The summed E-state index contributed by atoms with van der Waals surface area (Å²) in [5.74, 6) is 0.324. The van der Waals surface area contributed by atoms with E-state index < -0.39 is 11.9 Å². The van der Waals surface area contributed by atoms with Crippen molar-refractivity contribution < 1.29 is 13.2 Å². The van der Waals surface area contributed by atoms with Gasteiger partial charge < -0.3 is 5.32 Å². The predicted molar refractivity (Wildman–Crippen MR) is 89.9 cm³/mol. The second-order valence-corrected chi connectivity index (χ2v) is 6.31. The first-order valence-electron chi connectivity index (χ1n) is 8.46. The lowest BCUT2D eigenvalue weighted by atomic mass is 10.1. The summed E-state index contributed by atoms with van der Waals surface area (Å²) >= 11 is 0. The molecule has 0 atom stereocenters. The Labute approximate surface area is 145 Å². The van der Waals surface area contributed by atoms with Crippen LogP contribution in [0.15, 0.2) is 36.4 Å². The molecule has 4 nitrogen and oxygen atoms in total. The molecule has 1 N–H and O–H groups in total. The number of anilines is 1. The summed E-state index contributed by atoms with van der Waals surface area (Å²) in [6, 6.07) is 10.5. The van der Waals surface area contributed by atoms with Crippen LogP contribution in [0.4, 0.5) is 19.0 Å².